The number of piperazine rings is 1. The zero-order chi connectivity index (χ0) is 23.0. The van der Waals surface area contributed by atoms with Gasteiger partial charge in [-0.25, -0.2) is 18.4 Å². The fourth-order valence-corrected chi connectivity index (χ4v) is 5.29. The monoisotopic (exact) mass is 462 g/mol. The summed E-state index contributed by atoms with van der Waals surface area (Å²) in [6.45, 7) is 6.54. The molecule has 9 heteroatoms. The number of H-pyrrole nitrogens is 1. The molecule has 4 aromatic rings. The molecule has 2 aromatic heterocycles. The Balaban J connectivity index is 1.38. The Morgan fingerprint density at radius 3 is 2.45 bits per heavy atom. The summed E-state index contributed by atoms with van der Waals surface area (Å²) in [7, 11) is -3.30. The van der Waals surface area contributed by atoms with Crippen molar-refractivity contribution in [1.82, 2.24) is 20.2 Å². The topological polar surface area (TPSA) is 95.1 Å². The Bertz CT molecular complexity index is 1380. The molecule has 170 valence electrons. The highest BCUT2D eigenvalue weighted by Gasteiger charge is 2.23. The molecular weight excluding hydrogens is 436 g/mol. The van der Waals surface area contributed by atoms with Gasteiger partial charge in [0, 0.05) is 49.0 Å². The first-order valence-corrected chi connectivity index (χ1v) is 12.6. The first-order chi connectivity index (χ1) is 15.9. The maximum absolute atomic E-state index is 12.6. The number of aromatic amines is 1. The molecule has 1 N–H and O–H groups in total. The van der Waals surface area contributed by atoms with Crippen LogP contribution in [0.2, 0.25) is 0 Å². The number of sulfone groups is 1. The summed E-state index contributed by atoms with van der Waals surface area (Å²) in [6.07, 6.45) is 5.29. The standard InChI is InChI=1S/C24H26N6O2S/c1-17(2)33(31,32)21-5-3-4-20(13-21)29-8-10-30(11-9-29)24-22-12-18(19-14-27-28-15-19)6-7-23(22)25-16-26-24/h3-7,12-17H,8-11H2,1-2H3,(H,27,28). The third-order valence-electron chi connectivity index (χ3n) is 6.16. The fourth-order valence-electron chi connectivity index (χ4n) is 4.19. The van der Waals surface area contributed by atoms with Gasteiger partial charge in [0.25, 0.3) is 0 Å². The molecule has 5 rings (SSSR count). The predicted molar refractivity (Wildman–Crippen MR) is 130 cm³/mol. The van der Waals surface area contributed by atoms with Gasteiger partial charge < -0.3 is 9.80 Å². The Morgan fingerprint density at radius 2 is 1.73 bits per heavy atom. The lowest BCUT2D eigenvalue weighted by atomic mass is 10.1. The van der Waals surface area contributed by atoms with Crippen molar-refractivity contribution in [1.29, 1.82) is 0 Å². The lowest BCUT2D eigenvalue weighted by molar-refractivity contribution is 0.587. The average Bonchev–Trinajstić information content (AvgIpc) is 3.38. The number of benzene rings is 2. The molecule has 0 aliphatic carbocycles. The molecule has 1 aliphatic heterocycles. The number of hydrogen-bond acceptors (Lipinski definition) is 7. The molecule has 3 heterocycles. The van der Waals surface area contributed by atoms with Crippen molar-refractivity contribution in [2.24, 2.45) is 0 Å². The van der Waals surface area contributed by atoms with E-state index in [0.29, 0.717) is 4.90 Å². The second-order valence-corrected chi connectivity index (χ2v) is 11.0. The largest absolute Gasteiger partial charge is 0.368 e. The molecule has 2 aromatic carbocycles. The number of fused-ring (bicyclic) bond motifs is 1. The molecule has 1 aliphatic rings. The van der Waals surface area contributed by atoms with Crippen LogP contribution in [0.1, 0.15) is 13.8 Å². The van der Waals surface area contributed by atoms with E-state index < -0.39 is 15.1 Å². The molecule has 1 saturated heterocycles. The normalized spacial score (nSPS) is 14.9. The van der Waals surface area contributed by atoms with Crippen molar-refractivity contribution in [3.05, 3.63) is 61.2 Å². The predicted octanol–water partition coefficient (Wildman–Crippen LogP) is 3.53. The van der Waals surface area contributed by atoms with Crippen molar-refractivity contribution in [3.63, 3.8) is 0 Å². The van der Waals surface area contributed by atoms with Crippen LogP contribution in [-0.2, 0) is 9.84 Å². The maximum atomic E-state index is 12.6. The number of nitrogens with zero attached hydrogens (tertiary/aromatic N) is 5. The molecule has 0 saturated carbocycles. The Kier molecular flexibility index (Phi) is 5.49. The summed E-state index contributed by atoms with van der Waals surface area (Å²) in [6, 6.07) is 13.4. The number of hydrogen-bond donors (Lipinski definition) is 1. The molecule has 0 amide bonds. The van der Waals surface area contributed by atoms with Gasteiger partial charge in [0.15, 0.2) is 9.84 Å². The fraction of sp³-hybridized carbons (Fsp3) is 0.292. The van der Waals surface area contributed by atoms with Gasteiger partial charge in [-0.15, -0.1) is 0 Å². The van der Waals surface area contributed by atoms with E-state index in [1.807, 2.05) is 30.5 Å². The molecule has 0 atom stereocenters. The lowest BCUT2D eigenvalue weighted by Crippen LogP contribution is -2.47. The van der Waals surface area contributed by atoms with E-state index in [-0.39, 0.29) is 0 Å². The minimum absolute atomic E-state index is 0.381. The van der Waals surface area contributed by atoms with Crippen LogP contribution in [0.15, 0.2) is 66.1 Å². The van der Waals surface area contributed by atoms with Crippen molar-refractivity contribution in [2.45, 2.75) is 24.0 Å². The van der Waals surface area contributed by atoms with Gasteiger partial charge in [-0.3, -0.25) is 5.10 Å². The van der Waals surface area contributed by atoms with Crippen molar-refractivity contribution >= 4 is 32.2 Å². The maximum Gasteiger partial charge on any atom is 0.180 e. The van der Waals surface area contributed by atoms with E-state index in [1.54, 1.807) is 38.5 Å². The zero-order valence-corrected chi connectivity index (χ0v) is 19.5. The number of nitrogens with one attached hydrogen (secondary N) is 1. The molecule has 8 nitrogen and oxygen atoms in total. The molecule has 0 radical (unpaired) electrons. The first kappa shape index (κ1) is 21.4. The van der Waals surface area contributed by atoms with E-state index in [4.69, 9.17) is 0 Å². The summed E-state index contributed by atoms with van der Waals surface area (Å²) < 4.78 is 25.2. The van der Waals surface area contributed by atoms with Gasteiger partial charge in [-0.1, -0.05) is 12.1 Å². The minimum atomic E-state index is -3.30. The Hall–Kier alpha value is -3.46. The molecular formula is C24H26N6O2S. The lowest BCUT2D eigenvalue weighted by Gasteiger charge is -2.37. The van der Waals surface area contributed by atoms with Crippen LogP contribution in [0, 0.1) is 0 Å². The van der Waals surface area contributed by atoms with Gasteiger partial charge in [0.1, 0.15) is 12.1 Å². The molecule has 1 fully saturated rings. The summed E-state index contributed by atoms with van der Waals surface area (Å²) >= 11 is 0. The first-order valence-electron chi connectivity index (χ1n) is 11.0. The third kappa shape index (κ3) is 4.04. The smallest absolute Gasteiger partial charge is 0.180 e. The van der Waals surface area contributed by atoms with E-state index in [1.165, 1.54) is 0 Å². The Morgan fingerprint density at radius 1 is 0.939 bits per heavy atom. The van der Waals surface area contributed by atoms with Crippen molar-refractivity contribution < 1.29 is 8.42 Å². The summed E-state index contributed by atoms with van der Waals surface area (Å²) in [5.41, 5.74) is 3.93. The zero-order valence-electron chi connectivity index (χ0n) is 18.6. The quantitative estimate of drug-likeness (QED) is 0.485. The third-order valence-corrected chi connectivity index (χ3v) is 8.31. The molecule has 0 bridgehead atoms. The highest BCUT2D eigenvalue weighted by atomic mass is 32.2. The van der Waals surface area contributed by atoms with Gasteiger partial charge >= 0.3 is 0 Å². The highest BCUT2D eigenvalue weighted by molar-refractivity contribution is 7.92. The summed E-state index contributed by atoms with van der Waals surface area (Å²) in [5.74, 6) is 0.918. The van der Waals surface area contributed by atoms with Crippen molar-refractivity contribution in [2.75, 3.05) is 36.0 Å². The molecule has 0 spiro atoms. The van der Waals surface area contributed by atoms with E-state index in [0.717, 1.165) is 59.7 Å². The van der Waals surface area contributed by atoms with Gasteiger partial charge in [-0.2, -0.15) is 5.10 Å². The van der Waals surface area contributed by atoms with E-state index >= 15 is 0 Å². The highest BCUT2D eigenvalue weighted by Crippen LogP contribution is 2.30. The van der Waals surface area contributed by atoms with Crippen LogP contribution in [0.4, 0.5) is 11.5 Å². The summed E-state index contributed by atoms with van der Waals surface area (Å²) in [5, 5.41) is 7.47. The SMILES string of the molecule is CC(C)S(=O)(=O)c1cccc(N2CCN(c3ncnc4ccc(-c5cn[nH]c5)cc34)CC2)c1. The second-order valence-electron chi connectivity index (χ2n) is 8.48. The number of anilines is 2. The van der Waals surface area contributed by atoms with E-state index in [2.05, 4.69) is 36.0 Å². The number of rotatable bonds is 5. The van der Waals surface area contributed by atoms with E-state index in [9.17, 15) is 8.42 Å². The second kappa shape index (κ2) is 8.47. The Labute approximate surface area is 193 Å². The van der Waals surface area contributed by atoms with Crippen molar-refractivity contribution in [3.8, 4) is 11.1 Å². The van der Waals surface area contributed by atoms with Crippen LogP contribution in [-0.4, -0.2) is 60.0 Å². The molecule has 33 heavy (non-hydrogen) atoms. The van der Waals surface area contributed by atoms with Crippen LogP contribution >= 0.6 is 0 Å². The summed E-state index contributed by atoms with van der Waals surface area (Å²) in [4.78, 5) is 13.9. The van der Waals surface area contributed by atoms with Crippen LogP contribution in [0.5, 0.6) is 0 Å². The van der Waals surface area contributed by atoms with Crippen LogP contribution in [0.3, 0.4) is 0 Å². The van der Waals surface area contributed by atoms with Gasteiger partial charge in [0.05, 0.1) is 21.9 Å². The minimum Gasteiger partial charge on any atom is -0.368 e. The molecule has 0 unspecified atom stereocenters. The average molecular weight is 463 g/mol. The van der Waals surface area contributed by atoms with Gasteiger partial charge in [-0.05, 0) is 49.7 Å². The van der Waals surface area contributed by atoms with Crippen LogP contribution < -0.4 is 9.80 Å². The number of aromatic nitrogens is 4. The van der Waals surface area contributed by atoms with Gasteiger partial charge in [0.2, 0.25) is 0 Å². The van der Waals surface area contributed by atoms with Crippen LogP contribution in [0.25, 0.3) is 22.0 Å².